The maximum Gasteiger partial charge on any atom is 0.247 e. The fourth-order valence-electron chi connectivity index (χ4n) is 0.630. The van der Waals surface area contributed by atoms with Gasteiger partial charge in [0.05, 0.1) is 7.11 Å². The van der Waals surface area contributed by atoms with Gasteiger partial charge in [-0.05, 0) is 23.7 Å². The van der Waals surface area contributed by atoms with E-state index in [1.165, 1.54) is 7.11 Å². The zero-order valence-electron chi connectivity index (χ0n) is 7.61. The fourth-order valence-corrected chi connectivity index (χ4v) is 0.630. The molecule has 0 aliphatic heterocycles. The van der Waals surface area contributed by atoms with E-state index in [1.54, 1.807) is 24.3 Å². The molecule has 1 rings (SSSR count). The third-order valence-corrected chi connectivity index (χ3v) is 1.33. The van der Waals surface area contributed by atoms with Crippen molar-refractivity contribution < 1.29 is 19.7 Å². The van der Waals surface area contributed by atoms with Gasteiger partial charge in [0.2, 0.25) is 5.24 Å². The van der Waals surface area contributed by atoms with E-state index in [9.17, 15) is 4.79 Å². The van der Waals surface area contributed by atoms with Crippen LogP contribution in [0.1, 0.15) is 0 Å². The van der Waals surface area contributed by atoms with E-state index < -0.39 is 11.8 Å². The van der Waals surface area contributed by atoms with Crippen LogP contribution in [0, 0.1) is 0 Å². The topological polar surface area (TPSA) is 66.8 Å². The molecule has 14 heavy (non-hydrogen) atoms. The predicted octanol–water partition coefficient (Wildman–Crippen LogP) is 1.14. The number of hydrogen-bond donors (Lipinski definition) is 2. The summed E-state index contributed by atoms with van der Waals surface area (Å²) in [7, 11) is 1.52. The van der Waals surface area contributed by atoms with Crippen LogP contribution in [-0.4, -0.2) is 29.2 Å². The highest BCUT2D eigenvalue weighted by molar-refractivity contribution is 6.63. The Labute approximate surface area is 86.7 Å². The lowest BCUT2D eigenvalue weighted by Crippen LogP contribution is -1.89. The molecule has 0 fully saturated rings. The van der Waals surface area contributed by atoms with E-state index in [2.05, 4.69) is 11.6 Å². The van der Waals surface area contributed by atoms with Crippen LogP contribution >= 0.6 is 11.6 Å². The summed E-state index contributed by atoms with van der Waals surface area (Å²) in [5.41, 5.74) is 0. The Balaban J connectivity index is 0.000000292. The Morgan fingerprint density at radius 2 is 2.00 bits per heavy atom. The van der Waals surface area contributed by atoms with Gasteiger partial charge in [-0.1, -0.05) is 12.1 Å². The zero-order valence-corrected chi connectivity index (χ0v) is 8.36. The van der Waals surface area contributed by atoms with E-state index in [0.29, 0.717) is 5.75 Å². The van der Waals surface area contributed by atoms with Crippen LogP contribution in [0.5, 0.6) is 11.5 Å². The first-order valence-electron chi connectivity index (χ1n) is 3.73. The van der Waals surface area contributed by atoms with Gasteiger partial charge < -0.3 is 14.9 Å². The minimum Gasteiger partial charge on any atom is -0.504 e. The molecule has 0 saturated heterocycles. The molecule has 0 aliphatic carbocycles. The Morgan fingerprint density at radius 1 is 1.50 bits per heavy atom. The minimum atomic E-state index is -0.718. The van der Waals surface area contributed by atoms with Crippen LogP contribution in [0.25, 0.3) is 0 Å². The van der Waals surface area contributed by atoms with Crippen molar-refractivity contribution in [1.29, 1.82) is 0 Å². The van der Waals surface area contributed by atoms with E-state index in [-0.39, 0.29) is 5.75 Å². The van der Waals surface area contributed by atoms with Crippen molar-refractivity contribution >= 4 is 16.8 Å². The van der Waals surface area contributed by atoms with Crippen molar-refractivity contribution in [3.63, 3.8) is 0 Å². The zero-order chi connectivity index (χ0) is 11.0. The van der Waals surface area contributed by atoms with Crippen LogP contribution in [0.4, 0.5) is 0 Å². The number of rotatable bonds is 2. The highest BCUT2D eigenvalue weighted by Crippen LogP contribution is 2.22. The molecule has 78 valence electrons. The molecule has 0 bridgehead atoms. The smallest absolute Gasteiger partial charge is 0.247 e. The van der Waals surface area contributed by atoms with Gasteiger partial charge in [0.15, 0.2) is 11.5 Å². The maximum atomic E-state index is 9.33. The van der Waals surface area contributed by atoms with Crippen molar-refractivity contribution in [1.82, 2.24) is 0 Å². The highest BCUT2D eigenvalue weighted by Gasteiger charge is 1.94. The van der Waals surface area contributed by atoms with E-state index in [4.69, 9.17) is 14.9 Å². The highest BCUT2D eigenvalue weighted by atomic mass is 35.5. The second-order valence-corrected chi connectivity index (χ2v) is 2.61. The van der Waals surface area contributed by atoms with Crippen molar-refractivity contribution in [3.05, 3.63) is 24.3 Å². The van der Waals surface area contributed by atoms with E-state index in [1.807, 2.05) is 0 Å². The number of carbonyl (C=O) groups is 1. The number of para-hydroxylation sites is 2. The Bertz CT molecular complexity index is 288. The van der Waals surface area contributed by atoms with Crippen molar-refractivity contribution in [2.24, 2.45) is 0 Å². The summed E-state index contributed by atoms with van der Waals surface area (Å²) < 4.78 is 4.79. The van der Waals surface area contributed by atoms with Gasteiger partial charge >= 0.3 is 0 Å². The van der Waals surface area contributed by atoms with Crippen LogP contribution < -0.4 is 4.74 Å². The van der Waals surface area contributed by atoms with Gasteiger partial charge in [-0.2, -0.15) is 0 Å². The number of phenolic OH excluding ortho intramolecular Hbond substituents is 1. The summed E-state index contributed by atoms with van der Waals surface area (Å²) in [4.78, 5) is 9.33. The molecule has 0 saturated carbocycles. The average Bonchev–Trinajstić information content (AvgIpc) is 2.19. The third kappa shape index (κ3) is 5.40. The number of aromatic hydroxyl groups is 1. The van der Waals surface area contributed by atoms with Gasteiger partial charge in [-0.3, -0.25) is 4.79 Å². The van der Waals surface area contributed by atoms with Gasteiger partial charge in [0.25, 0.3) is 0 Å². The second-order valence-electron chi connectivity index (χ2n) is 2.19. The number of ether oxygens (including phenoxy) is 1. The monoisotopic (exact) mass is 218 g/mol. The molecule has 4 nitrogen and oxygen atoms in total. The molecule has 0 spiro atoms. The second kappa shape index (κ2) is 7.17. The predicted molar refractivity (Wildman–Crippen MR) is 52.6 cm³/mol. The van der Waals surface area contributed by atoms with Gasteiger partial charge in [0, 0.05) is 0 Å². The fraction of sp³-hybridized carbons (Fsp3) is 0.222. The lowest BCUT2D eigenvalue weighted by atomic mass is 10.3. The lowest BCUT2D eigenvalue weighted by Gasteiger charge is -1.99. The SMILES string of the molecule is COc1ccccc1O.O=C(Cl)CO. The molecule has 0 atom stereocenters. The van der Waals surface area contributed by atoms with Crippen molar-refractivity contribution in [2.45, 2.75) is 0 Å². The minimum absolute atomic E-state index is 0.181. The first-order chi connectivity index (χ1) is 6.61. The first-order valence-corrected chi connectivity index (χ1v) is 4.10. The molecule has 5 heteroatoms. The number of benzene rings is 1. The number of carbonyl (C=O) groups excluding carboxylic acids is 1. The Morgan fingerprint density at radius 3 is 2.29 bits per heavy atom. The molecule has 0 radical (unpaired) electrons. The molecule has 0 amide bonds. The normalized spacial score (nSPS) is 8.50. The van der Waals surface area contributed by atoms with Crippen molar-refractivity contribution in [3.8, 4) is 11.5 Å². The third-order valence-electron chi connectivity index (χ3n) is 1.21. The molecule has 0 unspecified atom stereocenters. The maximum absolute atomic E-state index is 9.33. The largest absolute Gasteiger partial charge is 0.504 e. The standard InChI is InChI=1S/C7H8O2.C2H3ClO2/c1-9-7-5-3-2-4-6(7)8;3-2(5)1-4/h2-5,8H,1H3;4H,1H2. The quantitative estimate of drug-likeness (QED) is 0.731. The van der Waals surface area contributed by atoms with E-state index >= 15 is 0 Å². The summed E-state index contributed by atoms with van der Waals surface area (Å²) in [6, 6.07) is 6.84. The summed E-state index contributed by atoms with van der Waals surface area (Å²) in [5, 5.41) is 15.9. The number of aliphatic hydroxyl groups excluding tert-OH is 1. The number of methoxy groups -OCH3 is 1. The Kier molecular flexibility index (Phi) is 6.53. The molecule has 0 aliphatic rings. The lowest BCUT2D eigenvalue weighted by molar-refractivity contribution is -0.114. The summed E-state index contributed by atoms with van der Waals surface area (Å²) in [6.07, 6.45) is 0. The van der Waals surface area contributed by atoms with Crippen LogP contribution in [0.2, 0.25) is 0 Å². The van der Waals surface area contributed by atoms with Crippen LogP contribution in [0.3, 0.4) is 0 Å². The van der Waals surface area contributed by atoms with Crippen LogP contribution in [0.15, 0.2) is 24.3 Å². The summed E-state index contributed by atoms with van der Waals surface area (Å²) in [6.45, 7) is -0.568. The molecule has 1 aromatic carbocycles. The number of phenols is 1. The Hall–Kier alpha value is -1.26. The molecule has 0 aromatic heterocycles. The number of aliphatic hydroxyl groups is 1. The number of hydrogen-bond acceptors (Lipinski definition) is 4. The molecule has 1 aromatic rings. The first kappa shape index (κ1) is 12.7. The van der Waals surface area contributed by atoms with Gasteiger partial charge in [0.1, 0.15) is 6.61 Å². The molecule has 0 heterocycles. The number of halogens is 1. The van der Waals surface area contributed by atoms with Gasteiger partial charge in [-0.25, -0.2) is 0 Å². The summed E-state index contributed by atoms with van der Waals surface area (Å²) >= 11 is 4.57. The molecular formula is C9H11ClO4. The molecule has 2 N–H and O–H groups in total. The van der Waals surface area contributed by atoms with Crippen LogP contribution in [-0.2, 0) is 4.79 Å². The molecular weight excluding hydrogens is 208 g/mol. The van der Waals surface area contributed by atoms with E-state index in [0.717, 1.165) is 0 Å². The summed E-state index contributed by atoms with van der Waals surface area (Å²) in [5.74, 6) is 0.692. The average molecular weight is 219 g/mol. The van der Waals surface area contributed by atoms with Gasteiger partial charge in [-0.15, -0.1) is 0 Å². The van der Waals surface area contributed by atoms with Crippen molar-refractivity contribution in [2.75, 3.05) is 13.7 Å².